The zero-order chi connectivity index (χ0) is 11.7. The second kappa shape index (κ2) is 4.18. The molecule has 1 aromatic heterocycles. The SMILES string of the molecule is Cc1cc(F)cc(C(=O)c2ccsc2C)c1. The highest BCUT2D eigenvalue weighted by Gasteiger charge is 2.13. The van der Waals surface area contributed by atoms with E-state index in [4.69, 9.17) is 0 Å². The predicted octanol–water partition coefficient (Wildman–Crippen LogP) is 3.74. The van der Waals surface area contributed by atoms with Crippen LogP contribution in [0.15, 0.2) is 29.6 Å². The maximum atomic E-state index is 13.2. The van der Waals surface area contributed by atoms with Gasteiger partial charge in [0.1, 0.15) is 5.82 Å². The Balaban J connectivity index is 2.45. The topological polar surface area (TPSA) is 17.1 Å². The highest BCUT2D eigenvalue weighted by atomic mass is 32.1. The Bertz CT molecular complexity index is 522. The van der Waals surface area contributed by atoms with Crippen LogP contribution in [0.2, 0.25) is 0 Å². The van der Waals surface area contributed by atoms with Crippen molar-refractivity contribution in [2.75, 3.05) is 0 Å². The summed E-state index contributed by atoms with van der Waals surface area (Å²) in [5.74, 6) is -0.474. The molecular weight excluding hydrogens is 223 g/mol. The van der Waals surface area contributed by atoms with E-state index in [2.05, 4.69) is 0 Å². The predicted molar refractivity (Wildman–Crippen MR) is 63.6 cm³/mol. The molecule has 0 radical (unpaired) electrons. The molecule has 0 saturated heterocycles. The minimum Gasteiger partial charge on any atom is -0.289 e. The molecule has 0 spiro atoms. The largest absolute Gasteiger partial charge is 0.289 e. The number of carbonyl (C=O) groups excluding carboxylic acids is 1. The summed E-state index contributed by atoms with van der Waals surface area (Å²) in [5.41, 5.74) is 1.84. The first-order valence-corrected chi connectivity index (χ1v) is 5.82. The molecule has 0 fully saturated rings. The van der Waals surface area contributed by atoms with E-state index in [1.165, 1.54) is 23.5 Å². The fourth-order valence-electron chi connectivity index (χ4n) is 1.64. The fraction of sp³-hybridized carbons (Fsp3) is 0.154. The molecule has 1 heterocycles. The number of thiophene rings is 1. The standard InChI is InChI=1S/C13H11FOS/c1-8-5-10(7-11(14)6-8)13(15)12-3-4-16-9(12)2/h3-7H,1-2H3. The van der Waals surface area contributed by atoms with Gasteiger partial charge in [-0.3, -0.25) is 4.79 Å². The number of halogens is 1. The molecular formula is C13H11FOS. The normalized spacial score (nSPS) is 10.4. The minimum absolute atomic E-state index is 0.110. The summed E-state index contributed by atoms with van der Waals surface area (Å²) in [6.07, 6.45) is 0. The molecule has 0 saturated carbocycles. The molecule has 0 atom stereocenters. The van der Waals surface area contributed by atoms with Gasteiger partial charge in [0.15, 0.2) is 5.78 Å². The second-order valence-electron chi connectivity index (χ2n) is 3.74. The number of benzene rings is 1. The van der Waals surface area contributed by atoms with Crippen molar-refractivity contribution in [2.24, 2.45) is 0 Å². The second-order valence-corrected chi connectivity index (χ2v) is 4.86. The molecule has 0 bridgehead atoms. The Labute approximate surface area is 97.6 Å². The van der Waals surface area contributed by atoms with Gasteiger partial charge in [-0.2, -0.15) is 0 Å². The lowest BCUT2D eigenvalue weighted by Gasteiger charge is -2.02. The summed E-state index contributed by atoms with van der Waals surface area (Å²) >= 11 is 1.52. The molecule has 16 heavy (non-hydrogen) atoms. The third-order valence-corrected chi connectivity index (χ3v) is 3.25. The monoisotopic (exact) mass is 234 g/mol. The van der Waals surface area contributed by atoms with Gasteiger partial charge in [-0.1, -0.05) is 0 Å². The zero-order valence-electron chi connectivity index (χ0n) is 9.08. The van der Waals surface area contributed by atoms with E-state index in [1.54, 1.807) is 19.1 Å². The van der Waals surface area contributed by atoms with Gasteiger partial charge in [-0.25, -0.2) is 4.39 Å². The van der Waals surface area contributed by atoms with Gasteiger partial charge >= 0.3 is 0 Å². The van der Waals surface area contributed by atoms with Gasteiger partial charge in [0.2, 0.25) is 0 Å². The molecule has 0 N–H and O–H groups in total. The lowest BCUT2D eigenvalue weighted by molar-refractivity contribution is 0.103. The van der Waals surface area contributed by atoms with Crippen LogP contribution in [0.3, 0.4) is 0 Å². The quantitative estimate of drug-likeness (QED) is 0.723. The van der Waals surface area contributed by atoms with Crippen molar-refractivity contribution in [3.05, 3.63) is 57.0 Å². The van der Waals surface area contributed by atoms with Crippen molar-refractivity contribution in [3.8, 4) is 0 Å². The van der Waals surface area contributed by atoms with E-state index in [-0.39, 0.29) is 11.6 Å². The Morgan fingerprint density at radius 3 is 2.56 bits per heavy atom. The summed E-state index contributed by atoms with van der Waals surface area (Å²) in [7, 11) is 0. The molecule has 1 aromatic carbocycles. The molecule has 1 nitrogen and oxygen atoms in total. The summed E-state index contributed by atoms with van der Waals surface area (Å²) in [5, 5.41) is 1.87. The first kappa shape index (κ1) is 11.0. The van der Waals surface area contributed by atoms with Crippen LogP contribution in [0.25, 0.3) is 0 Å². The van der Waals surface area contributed by atoms with Crippen molar-refractivity contribution in [1.82, 2.24) is 0 Å². The summed E-state index contributed by atoms with van der Waals surface area (Å²) in [6.45, 7) is 3.67. The third-order valence-electron chi connectivity index (χ3n) is 2.41. The van der Waals surface area contributed by atoms with E-state index in [0.29, 0.717) is 11.1 Å². The number of carbonyl (C=O) groups is 1. The lowest BCUT2D eigenvalue weighted by atomic mass is 10.0. The molecule has 0 aliphatic carbocycles. The van der Waals surface area contributed by atoms with Gasteiger partial charge in [-0.05, 0) is 49.1 Å². The van der Waals surface area contributed by atoms with Crippen LogP contribution in [0.1, 0.15) is 26.4 Å². The van der Waals surface area contributed by atoms with Crippen molar-refractivity contribution in [2.45, 2.75) is 13.8 Å². The van der Waals surface area contributed by atoms with E-state index in [0.717, 1.165) is 10.4 Å². The average molecular weight is 234 g/mol. The van der Waals surface area contributed by atoms with Crippen LogP contribution < -0.4 is 0 Å². The van der Waals surface area contributed by atoms with Crippen LogP contribution >= 0.6 is 11.3 Å². The summed E-state index contributed by atoms with van der Waals surface area (Å²) in [6, 6.07) is 6.19. The number of ketones is 1. The zero-order valence-corrected chi connectivity index (χ0v) is 9.90. The van der Waals surface area contributed by atoms with Crippen LogP contribution in [0.5, 0.6) is 0 Å². The van der Waals surface area contributed by atoms with Gasteiger partial charge in [0.25, 0.3) is 0 Å². The van der Waals surface area contributed by atoms with E-state index in [1.807, 2.05) is 12.3 Å². The van der Waals surface area contributed by atoms with E-state index in [9.17, 15) is 9.18 Å². The Morgan fingerprint density at radius 1 is 1.25 bits per heavy atom. The Morgan fingerprint density at radius 2 is 2.00 bits per heavy atom. The maximum Gasteiger partial charge on any atom is 0.194 e. The van der Waals surface area contributed by atoms with Crippen LogP contribution in [0, 0.1) is 19.7 Å². The van der Waals surface area contributed by atoms with E-state index >= 15 is 0 Å². The van der Waals surface area contributed by atoms with E-state index < -0.39 is 0 Å². The van der Waals surface area contributed by atoms with Crippen molar-refractivity contribution >= 4 is 17.1 Å². The highest BCUT2D eigenvalue weighted by Crippen LogP contribution is 2.20. The van der Waals surface area contributed by atoms with Gasteiger partial charge < -0.3 is 0 Å². The lowest BCUT2D eigenvalue weighted by Crippen LogP contribution is -2.02. The molecule has 0 amide bonds. The van der Waals surface area contributed by atoms with Crippen LogP contribution in [-0.4, -0.2) is 5.78 Å². The third kappa shape index (κ3) is 2.04. The average Bonchev–Trinajstić information content (AvgIpc) is 2.62. The highest BCUT2D eigenvalue weighted by molar-refractivity contribution is 7.10. The number of hydrogen-bond acceptors (Lipinski definition) is 2. The molecule has 0 aliphatic rings. The Kier molecular flexibility index (Phi) is 2.88. The Hall–Kier alpha value is -1.48. The van der Waals surface area contributed by atoms with Gasteiger partial charge in [0, 0.05) is 16.0 Å². The number of rotatable bonds is 2. The molecule has 82 valence electrons. The summed E-state index contributed by atoms with van der Waals surface area (Å²) < 4.78 is 13.2. The van der Waals surface area contributed by atoms with Crippen LogP contribution in [-0.2, 0) is 0 Å². The minimum atomic E-state index is -0.365. The van der Waals surface area contributed by atoms with Crippen molar-refractivity contribution < 1.29 is 9.18 Å². The smallest absolute Gasteiger partial charge is 0.194 e. The molecule has 0 aliphatic heterocycles. The van der Waals surface area contributed by atoms with Crippen molar-refractivity contribution in [1.29, 1.82) is 0 Å². The van der Waals surface area contributed by atoms with Crippen LogP contribution in [0.4, 0.5) is 4.39 Å². The summed E-state index contributed by atoms with van der Waals surface area (Å²) in [4.78, 5) is 13.0. The molecule has 2 aromatic rings. The van der Waals surface area contributed by atoms with Crippen molar-refractivity contribution in [3.63, 3.8) is 0 Å². The fourth-order valence-corrected chi connectivity index (χ4v) is 2.34. The molecule has 0 unspecified atom stereocenters. The first-order valence-electron chi connectivity index (χ1n) is 4.94. The molecule has 2 rings (SSSR count). The number of aryl methyl sites for hydroxylation is 2. The first-order chi connectivity index (χ1) is 7.58. The molecule has 3 heteroatoms. The van der Waals surface area contributed by atoms with Gasteiger partial charge in [-0.15, -0.1) is 11.3 Å². The van der Waals surface area contributed by atoms with Gasteiger partial charge in [0.05, 0.1) is 0 Å². The maximum absolute atomic E-state index is 13.2. The number of hydrogen-bond donors (Lipinski definition) is 0.